The second kappa shape index (κ2) is 8.37. The van der Waals surface area contributed by atoms with Crippen molar-refractivity contribution >= 4 is 11.8 Å². The number of thioether (sulfide) groups is 1. The summed E-state index contributed by atoms with van der Waals surface area (Å²) in [7, 11) is 1.75. The lowest BCUT2D eigenvalue weighted by Gasteiger charge is -2.28. The molecular weight excluding hydrogens is 218 g/mol. The van der Waals surface area contributed by atoms with E-state index in [1.54, 1.807) is 7.11 Å². The van der Waals surface area contributed by atoms with Gasteiger partial charge in [0.1, 0.15) is 0 Å². The number of nitrogens with one attached hydrogen (secondary N) is 1. The van der Waals surface area contributed by atoms with E-state index >= 15 is 0 Å². The van der Waals surface area contributed by atoms with Crippen LogP contribution < -0.4 is 5.32 Å². The molecule has 3 unspecified atom stereocenters. The Labute approximate surface area is 105 Å². The van der Waals surface area contributed by atoms with Gasteiger partial charge in [-0.2, -0.15) is 11.8 Å². The highest BCUT2D eigenvalue weighted by molar-refractivity contribution is 8.00. The van der Waals surface area contributed by atoms with Crippen LogP contribution in [-0.2, 0) is 4.74 Å². The molecule has 16 heavy (non-hydrogen) atoms. The molecule has 1 aliphatic carbocycles. The number of hydrogen-bond donors (Lipinski definition) is 1. The second-order valence-corrected chi connectivity index (χ2v) is 6.78. The van der Waals surface area contributed by atoms with Crippen LogP contribution in [-0.4, -0.2) is 37.3 Å². The van der Waals surface area contributed by atoms with Crippen molar-refractivity contribution in [3.05, 3.63) is 0 Å². The maximum atomic E-state index is 5.02. The summed E-state index contributed by atoms with van der Waals surface area (Å²) in [6.07, 6.45) is 5.73. The summed E-state index contributed by atoms with van der Waals surface area (Å²) in [6.45, 7) is 7.64. The molecule has 0 aromatic rings. The molecule has 3 atom stereocenters. The Morgan fingerprint density at radius 3 is 2.94 bits per heavy atom. The maximum absolute atomic E-state index is 5.02. The van der Waals surface area contributed by atoms with Crippen molar-refractivity contribution in [3.63, 3.8) is 0 Å². The van der Waals surface area contributed by atoms with Crippen LogP contribution in [0, 0.1) is 5.92 Å². The summed E-state index contributed by atoms with van der Waals surface area (Å²) in [5.41, 5.74) is 0. The molecule has 0 heterocycles. The average Bonchev–Trinajstić information content (AvgIpc) is 2.24. The molecule has 1 rings (SSSR count). The Morgan fingerprint density at radius 2 is 2.25 bits per heavy atom. The fourth-order valence-corrected chi connectivity index (χ4v) is 3.97. The number of hydrogen-bond acceptors (Lipinski definition) is 3. The summed E-state index contributed by atoms with van der Waals surface area (Å²) in [6, 6.07) is 0. The van der Waals surface area contributed by atoms with E-state index in [4.69, 9.17) is 4.74 Å². The smallest absolute Gasteiger partial charge is 0.0587 e. The average molecular weight is 245 g/mol. The van der Waals surface area contributed by atoms with Gasteiger partial charge in [-0.25, -0.2) is 0 Å². The standard InChI is InChI=1S/C13H27NOS/c1-11-5-4-6-13(9-11)16-12(2)10-14-7-8-15-3/h11-14H,4-10H2,1-3H3. The van der Waals surface area contributed by atoms with Crippen LogP contribution in [0.5, 0.6) is 0 Å². The Bertz CT molecular complexity index is 177. The molecule has 0 amide bonds. The Hall–Kier alpha value is 0.270. The minimum absolute atomic E-state index is 0.729. The molecule has 1 aliphatic rings. The van der Waals surface area contributed by atoms with Crippen molar-refractivity contribution in [1.82, 2.24) is 5.32 Å². The summed E-state index contributed by atoms with van der Waals surface area (Å²) in [5.74, 6) is 0.944. The highest BCUT2D eigenvalue weighted by Gasteiger charge is 2.20. The topological polar surface area (TPSA) is 21.3 Å². The highest BCUT2D eigenvalue weighted by Crippen LogP contribution is 2.33. The van der Waals surface area contributed by atoms with Crippen LogP contribution >= 0.6 is 11.8 Å². The Balaban J connectivity index is 2.06. The van der Waals surface area contributed by atoms with Crippen molar-refractivity contribution in [1.29, 1.82) is 0 Å². The van der Waals surface area contributed by atoms with Crippen molar-refractivity contribution in [2.24, 2.45) is 5.92 Å². The zero-order chi connectivity index (χ0) is 11.8. The minimum Gasteiger partial charge on any atom is -0.383 e. The molecule has 0 spiro atoms. The van der Waals surface area contributed by atoms with Crippen LogP contribution in [0.3, 0.4) is 0 Å². The Kier molecular flexibility index (Phi) is 7.50. The van der Waals surface area contributed by atoms with E-state index < -0.39 is 0 Å². The molecule has 0 radical (unpaired) electrons. The van der Waals surface area contributed by atoms with Gasteiger partial charge in [0.2, 0.25) is 0 Å². The molecule has 3 heteroatoms. The molecule has 0 bridgehead atoms. The first-order valence-corrected chi connectivity index (χ1v) is 7.51. The van der Waals surface area contributed by atoms with Gasteiger partial charge < -0.3 is 10.1 Å². The lowest BCUT2D eigenvalue weighted by atomic mass is 9.91. The van der Waals surface area contributed by atoms with Gasteiger partial charge in [-0.15, -0.1) is 0 Å². The van der Waals surface area contributed by atoms with Crippen LogP contribution in [0.25, 0.3) is 0 Å². The number of rotatable bonds is 7. The highest BCUT2D eigenvalue weighted by atomic mass is 32.2. The van der Waals surface area contributed by atoms with Crippen LogP contribution in [0.1, 0.15) is 39.5 Å². The van der Waals surface area contributed by atoms with Gasteiger partial charge in [0, 0.05) is 30.7 Å². The lowest BCUT2D eigenvalue weighted by molar-refractivity contribution is 0.199. The van der Waals surface area contributed by atoms with Gasteiger partial charge in [0.05, 0.1) is 6.61 Å². The van der Waals surface area contributed by atoms with E-state index in [2.05, 4.69) is 30.9 Å². The molecule has 96 valence electrons. The molecule has 0 aromatic heterocycles. The molecule has 1 saturated carbocycles. The van der Waals surface area contributed by atoms with Crippen LogP contribution in [0.15, 0.2) is 0 Å². The third-order valence-electron chi connectivity index (χ3n) is 3.23. The monoisotopic (exact) mass is 245 g/mol. The first kappa shape index (κ1) is 14.3. The van der Waals surface area contributed by atoms with Crippen molar-refractivity contribution in [2.75, 3.05) is 26.8 Å². The zero-order valence-corrected chi connectivity index (χ0v) is 11.8. The quantitative estimate of drug-likeness (QED) is 0.697. The second-order valence-electron chi connectivity index (χ2n) is 5.04. The predicted molar refractivity (Wildman–Crippen MR) is 73.2 cm³/mol. The number of ether oxygens (including phenoxy) is 1. The summed E-state index contributed by atoms with van der Waals surface area (Å²) in [4.78, 5) is 0. The fourth-order valence-electron chi connectivity index (χ4n) is 2.36. The number of methoxy groups -OCH3 is 1. The fraction of sp³-hybridized carbons (Fsp3) is 1.00. The molecule has 2 nitrogen and oxygen atoms in total. The van der Waals surface area contributed by atoms with E-state index in [0.29, 0.717) is 0 Å². The van der Waals surface area contributed by atoms with Crippen molar-refractivity contribution in [2.45, 2.75) is 50.0 Å². The van der Waals surface area contributed by atoms with Crippen LogP contribution in [0.2, 0.25) is 0 Å². The molecular formula is C13H27NOS. The first-order valence-electron chi connectivity index (χ1n) is 6.57. The minimum atomic E-state index is 0.729. The first-order chi connectivity index (χ1) is 7.72. The van der Waals surface area contributed by atoms with Gasteiger partial charge in [-0.05, 0) is 18.8 Å². The summed E-state index contributed by atoms with van der Waals surface area (Å²) < 4.78 is 5.02. The Morgan fingerprint density at radius 1 is 1.44 bits per heavy atom. The van der Waals surface area contributed by atoms with E-state index in [1.165, 1.54) is 25.7 Å². The predicted octanol–water partition coefficient (Wildman–Crippen LogP) is 2.92. The van der Waals surface area contributed by atoms with E-state index in [0.717, 1.165) is 36.1 Å². The summed E-state index contributed by atoms with van der Waals surface area (Å²) in [5, 5.41) is 5.08. The van der Waals surface area contributed by atoms with Crippen molar-refractivity contribution in [3.8, 4) is 0 Å². The molecule has 1 fully saturated rings. The SMILES string of the molecule is COCCNCC(C)SC1CCCC(C)C1. The van der Waals surface area contributed by atoms with Crippen LogP contribution in [0.4, 0.5) is 0 Å². The molecule has 0 aromatic carbocycles. The van der Waals surface area contributed by atoms with Crippen molar-refractivity contribution < 1.29 is 4.74 Å². The molecule has 0 aliphatic heterocycles. The zero-order valence-electron chi connectivity index (χ0n) is 11.0. The van der Waals surface area contributed by atoms with Gasteiger partial charge in [0.25, 0.3) is 0 Å². The van der Waals surface area contributed by atoms with Gasteiger partial charge in [-0.1, -0.05) is 26.7 Å². The van der Waals surface area contributed by atoms with E-state index in [9.17, 15) is 0 Å². The third kappa shape index (κ3) is 6.12. The van der Waals surface area contributed by atoms with Gasteiger partial charge in [0.15, 0.2) is 0 Å². The normalized spacial score (nSPS) is 27.9. The largest absolute Gasteiger partial charge is 0.383 e. The molecule has 1 N–H and O–H groups in total. The molecule has 0 saturated heterocycles. The summed E-state index contributed by atoms with van der Waals surface area (Å²) >= 11 is 2.18. The van der Waals surface area contributed by atoms with Gasteiger partial charge >= 0.3 is 0 Å². The van der Waals surface area contributed by atoms with E-state index in [1.807, 2.05) is 0 Å². The van der Waals surface area contributed by atoms with E-state index in [-0.39, 0.29) is 0 Å². The third-order valence-corrected chi connectivity index (χ3v) is 4.67. The lowest BCUT2D eigenvalue weighted by Crippen LogP contribution is -2.28. The maximum Gasteiger partial charge on any atom is 0.0587 e. The van der Waals surface area contributed by atoms with Gasteiger partial charge in [-0.3, -0.25) is 0 Å².